The first kappa shape index (κ1) is 20.8. The number of para-hydroxylation sites is 1. The van der Waals surface area contributed by atoms with Crippen LogP contribution in [0.1, 0.15) is 29.1 Å². The Labute approximate surface area is 195 Å². The van der Waals surface area contributed by atoms with E-state index in [1.807, 2.05) is 54.3 Å². The van der Waals surface area contributed by atoms with E-state index in [9.17, 15) is 10.1 Å². The Morgan fingerprint density at radius 2 is 1.88 bits per heavy atom. The molecular weight excluding hydrogens is 436 g/mol. The normalized spacial score (nSPS) is 17.7. The molecule has 0 amide bonds. The van der Waals surface area contributed by atoms with Gasteiger partial charge < -0.3 is 14.6 Å². The lowest BCUT2D eigenvalue weighted by atomic mass is 10.0. The van der Waals surface area contributed by atoms with E-state index in [-0.39, 0.29) is 17.8 Å². The summed E-state index contributed by atoms with van der Waals surface area (Å²) >= 11 is 5.73. The molecule has 2 aromatic heterocycles. The van der Waals surface area contributed by atoms with Gasteiger partial charge in [-0.25, -0.2) is 0 Å². The molecule has 0 spiro atoms. The van der Waals surface area contributed by atoms with Gasteiger partial charge in [-0.15, -0.1) is 0 Å². The van der Waals surface area contributed by atoms with Gasteiger partial charge in [0.25, 0.3) is 5.69 Å². The van der Waals surface area contributed by atoms with Crippen LogP contribution in [0, 0.1) is 17.0 Å². The Bertz CT molecular complexity index is 1340. The lowest BCUT2D eigenvalue weighted by Gasteiger charge is -2.26. The number of furan rings is 1. The quantitative estimate of drug-likeness (QED) is 0.233. The van der Waals surface area contributed by atoms with Crippen LogP contribution in [0.5, 0.6) is 0 Å². The Morgan fingerprint density at radius 1 is 1.06 bits per heavy atom. The van der Waals surface area contributed by atoms with Crippen molar-refractivity contribution >= 4 is 28.7 Å². The number of rotatable bonds is 5. The van der Waals surface area contributed by atoms with Gasteiger partial charge in [-0.2, -0.15) is 0 Å². The monoisotopic (exact) mass is 456 g/mol. The third-order valence-electron chi connectivity index (χ3n) is 5.66. The van der Waals surface area contributed by atoms with E-state index in [1.54, 1.807) is 30.5 Å². The fourth-order valence-electron chi connectivity index (χ4n) is 4.20. The molecule has 1 aliphatic rings. The third-order valence-corrected chi connectivity index (χ3v) is 5.98. The molecule has 33 heavy (non-hydrogen) atoms. The van der Waals surface area contributed by atoms with E-state index in [0.29, 0.717) is 22.2 Å². The van der Waals surface area contributed by atoms with Crippen LogP contribution in [0.4, 0.5) is 11.4 Å². The van der Waals surface area contributed by atoms with E-state index in [4.69, 9.17) is 16.6 Å². The summed E-state index contributed by atoms with van der Waals surface area (Å²) in [5.41, 5.74) is 3.28. The summed E-state index contributed by atoms with van der Waals surface area (Å²) in [6.07, 6.45) is 1.74. The number of hydrogen-bond donors (Lipinski definition) is 1. The van der Waals surface area contributed by atoms with Crippen LogP contribution in [0.2, 0.25) is 0 Å². The molecule has 0 unspecified atom stereocenters. The SMILES string of the molecule is Cc1cccc(N2C(=S)N[C@@H](c3ccccn3)[C@H]2c2ccc(-c3ccccc3[N+](=O)[O-])o2)c1. The maximum Gasteiger partial charge on any atom is 0.280 e. The summed E-state index contributed by atoms with van der Waals surface area (Å²) in [7, 11) is 0. The molecule has 1 fully saturated rings. The zero-order valence-electron chi connectivity index (χ0n) is 17.7. The van der Waals surface area contributed by atoms with Crippen LogP contribution in [-0.2, 0) is 0 Å². The van der Waals surface area contributed by atoms with Gasteiger partial charge in [0.15, 0.2) is 5.11 Å². The first-order valence-corrected chi connectivity index (χ1v) is 10.8. The van der Waals surface area contributed by atoms with Gasteiger partial charge in [-0.05, 0) is 67.2 Å². The highest BCUT2D eigenvalue weighted by molar-refractivity contribution is 7.80. The van der Waals surface area contributed by atoms with Crippen molar-refractivity contribution < 1.29 is 9.34 Å². The lowest BCUT2D eigenvalue weighted by molar-refractivity contribution is -0.384. The molecule has 8 heteroatoms. The summed E-state index contributed by atoms with van der Waals surface area (Å²) < 4.78 is 6.25. The number of pyridine rings is 1. The molecule has 0 saturated carbocycles. The second-order valence-corrected chi connectivity index (χ2v) is 8.20. The number of aryl methyl sites for hydroxylation is 1. The van der Waals surface area contributed by atoms with Crippen molar-refractivity contribution in [3.8, 4) is 11.3 Å². The highest BCUT2D eigenvalue weighted by Crippen LogP contribution is 2.43. The number of thiocarbonyl (C=S) groups is 1. The largest absolute Gasteiger partial charge is 0.459 e. The molecule has 4 aromatic rings. The van der Waals surface area contributed by atoms with Gasteiger partial charge >= 0.3 is 0 Å². The fraction of sp³-hybridized carbons (Fsp3) is 0.120. The molecule has 2 aromatic carbocycles. The number of nitrogens with zero attached hydrogens (tertiary/aromatic N) is 3. The highest BCUT2D eigenvalue weighted by Gasteiger charge is 2.42. The molecule has 1 N–H and O–H groups in total. The average Bonchev–Trinajstić information content (AvgIpc) is 3.44. The molecule has 164 valence electrons. The number of nitro benzene ring substituents is 1. The average molecular weight is 457 g/mol. The van der Waals surface area contributed by atoms with Crippen LogP contribution in [-0.4, -0.2) is 15.0 Å². The number of aromatic nitrogens is 1. The van der Waals surface area contributed by atoms with Crippen LogP contribution in [0.15, 0.2) is 89.5 Å². The van der Waals surface area contributed by atoms with Gasteiger partial charge in [-0.3, -0.25) is 15.1 Å². The van der Waals surface area contributed by atoms with Crippen molar-refractivity contribution in [2.45, 2.75) is 19.0 Å². The molecule has 3 heterocycles. The van der Waals surface area contributed by atoms with E-state index in [0.717, 1.165) is 16.9 Å². The van der Waals surface area contributed by atoms with Crippen LogP contribution in [0.25, 0.3) is 11.3 Å². The van der Waals surface area contributed by atoms with Crippen LogP contribution < -0.4 is 10.2 Å². The molecule has 0 bridgehead atoms. The molecule has 1 aliphatic heterocycles. The van der Waals surface area contributed by atoms with Gasteiger partial charge in [0.05, 0.1) is 22.2 Å². The second kappa shape index (κ2) is 8.48. The highest BCUT2D eigenvalue weighted by atomic mass is 32.1. The Kier molecular flexibility index (Phi) is 5.35. The summed E-state index contributed by atoms with van der Waals surface area (Å²) in [6.45, 7) is 2.03. The first-order valence-electron chi connectivity index (χ1n) is 10.4. The zero-order chi connectivity index (χ0) is 22.9. The minimum atomic E-state index is -0.403. The van der Waals surface area contributed by atoms with Gasteiger partial charge in [0, 0.05) is 18.0 Å². The molecule has 5 rings (SSSR count). The molecule has 0 radical (unpaired) electrons. The van der Waals surface area contributed by atoms with Crippen molar-refractivity contribution in [3.63, 3.8) is 0 Å². The molecular formula is C25H20N4O3S. The Balaban J connectivity index is 1.62. The van der Waals surface area contributed by atoms with E-state index >= 15 is 0 Å². The van der Waals surface area contributed by atoms with E-state index < -0.39 is 4.92 Å². The van der Waals surface area contributed by atoms with Crippen molar-refractivity contribution in [1.29, 1.82) is 0 Å². The Morgan fingerprint density at radius 3 is 2.64 bits per heavy atom. The number of benzene rings is 2. The van der Waals surface area contributed by atoms with Crippen molar-refractivity contribution in [3.05, 3.63) is 112 Å². The van der Waals surface area contributed by atoms with Crippen LogP contribution in [0.3, 0.4) is 0 Å². The molecule has 0 aliphatic carbocycles. The standard InChI is InChI=1S/C25H20N4O3S/c1-16-7-6-8-17(15-16)28-24(23(27-25(28)33)19-10-4-5-14-26-19)22-13-12-21(32-22)18-9-2-3-11-20(18)29(30)31/h2-15,23-24H,1H3,(H,27,33)/t23-,24+/m0/s1. The predicted molar refractivity (Wildman–Crippen MR) is 130 cm³/mol. The number of anilines is 1. The summed E-state index contributed by atoms with van der Waals surface area (Å²) in [5, 5.41) is 15.5. The van der Waals surface area contributed by atoms with Crippen LogP contribution >= 0.6 is 12.2 Å². The van der Waals surface area contributed by atoms with Gasteiger partial charge in [0.2, 0.25) is 0 Å². The van der Waals surface area contributed by atoms with E-state index in [2.05, 4.69) is 16.4 Å². The fourth-order valence-corrected chi connectivity index (χ4v) is 4.54. The zero-order valence-corrected chi connectivity index (χ0v) is 18.5. The minimum absolute atomic E-state index is 0.00437. The number of nitro groups is 1. The smallest absolute Gasteiger partial charge is 0.280 e. The topological polar surface area (TPSA) is 84.4 Å². The molecule has 2 atom stereocenters. The molecule has 7 nitrogen and oxygen atoms in total. The van der Waals surface area contributed by atoms with Crippen molar-refractivity contribution in [1.82, 2.24) is 10.3 Å². The lowest BCUT2D eigenvalue weighted by Crippen LogP contribution is -2.29. The predicted octanol–water partition coefficient (Wildman–Crippen LogP) is 5.74. The summed E-state index contributed by atoms with van der Waals surface area (Å²) in [5.74, 6) is 1.06. The van der Waals surface area contributed by atoms with Crippen molar-refractivity contribution in [2.24, 2.45) is 0 Å². The number of nitrogens with one attached hydrogen (secondary N) is 1. The Hall–Kier alpha value is -4.04. The number of hydrogen-bond acceptors (Lipinski definition) is 5. The minimum Gasteiger partial charge on any atom is -0.459 e. The first-order chi connectivity index (χ1) is 16.0. The third kappa shape index (κ3) is 3.85. The van der Waals surface area contributed by atoms with Crippen molar-refractivity contribution in [2.75, 3.05) is 4.90 Å². The summed E-state index contributed by atoms with van der Waals surface area (Å²) in [4.78, 5) is 17.7. The van der Waals surface area contributed by atoms with Gasteiger partial charge in [0.1, 0.15) is 17.6 Å². The molecule has 1 saturated heterocycles. The summed E-state index contributed by atoms with van der Waals surface area (Å²) in [6, 6.07) is 23.4. The second-order valence-electron chi connectivity index (χ2n) is 7.81. The maximum absolute atomic E-state index is 11.5. The van der Waals surface area contributed by atoms with Gasteiger partial charge in [-0.1, -0.05) is 30.3 Å². The maximum atomic E-state index is 11.5. The van der Waals surface area contributed by atoms with E-state index in [1.165, 1.54) is 6.07 Å².